The zero-order valence-electron chi connectivity index (χ0n) is 20.0. The zero-order valence-corrected chi connectivity index (χ0v) is 20.0. The highest BCUT2D eigenvalue weighted by atomic mass is 16.5. The van der Waals surface area contributed by atoms with Crippen LogP contribution < -0.4 is 15.0 Å². The first-order chi connectivity index (χ1) is 16.4. The molecular weight excluding hydrogens is 436 g/mol. The van der Waals surface area contributed by atoms with Crippen LogP contribution in [0, 0.1) is 0 Å². The molecular formula is C25H32N4O5. The largest absolute Gasteiger partial charge is 0.494 e. The van der Waals surface area contributed by atoms with Crippen LogP contribution in [0.1, 0.15) is 73.3 Å². The molecule has 1 aromatic carbocycles. The number of nitrogens with one attached hydrogen (secondary N) is 1. The van der Waals surface area contributed by atoms with Crippen LogP contribution in [-0.2, 0) is 16.1 Å². The standard InChI is InChI=1S/C25H32N4O5/c1-4-34-19-13-11-18(12-14-19)29-22(30)21-20(23(31)33-3)26-16-28(21)15-25(29,2)24(32)27-17-9-7-5-6-8-10-17/h11-14,16-17H,4-10,15H2,1-3H3,(H,27,32). The minimum absolute atomic E-state index is 0.0605. The van der Waals surface area contributed by atoms with Crippen LogP contribution in [0.5, 0.6) is 5.75 Å². The van der Waals surface area contributed by atoms with Crippen LogP contribution in [0.25, 0.3) is 0 Å². The Labute approximate surface area is 199 Å². The van der Waals surface area contributed by atoms with Crippen LogP contribution in [-0.4, -0.2) is 52.6 Å². The molecule has 9 heteroatoms. The van der Waals surface area contributed by atoms with E-state index in [0.29, 0.717) is 18.0 Å². The van der Waals surface area contributed by atoms with Crippen molar-refractivity contribution in [2.24, 2.45) is 0 Å². The second-order valence-electron chi connectivity index (χ2n) is 9.06. The van der Waals surface area contributed by atoms with E-state index in [1.54, 1.807) is 35.8 Å². The summed E-state index contributed by atoms with van der Waals surface area (Å²) < 4.78 is 11.9. The van der Waals surface area contributed by atoms with Crippen LogP contribution in [0.3, 0.4) is 0 Å². The summed E-state index contributed by atoms with van der Waals surface area (Å²) in [7, 11) is 1.25. The Hall–Kier alpha value is -3.36. The first kappa shape index (κ1) is 23.8. The lowest BCUT2D eigenvalue weighted by Crippen LogP contribution is -2.65. The molecule has 182 valence electrons. The summed E-state index contributed by atoms with van der Waals surface area (Å²) in [6, 6.07) is 7.12. The van der Waals surface area contributed by atoms with E-state index in [9.17, 15) is 14.4 Å². The number of amides is 2. The minimum Gasteiger partial charge on any atom is -0.494 e. The van der Waals surface area contributed by atoms with Gasteiger partial charge in [0.15, 0.2) is 5.69 Å². The average molecular weight is 469 g/mol. The maximum Gasteiger partial charge on any atom is 0.359 e. The number of hydrogen-bond acceptors (Lipinski definition) is 6. The van der Waals surface area contributed by atoms with Crippen LogP contribution in [0.15, 0.2) is 30.6 Å². The van der Waals surface area contributed by atoms with Crippen molar-refractivity contribution in [3.63, 3.8) is 0 Å². The number of methoxy groups -OCH3 is 1. The third kappa shape index (κ3) is 4.38. The van der Waals surface area contributed by atoms with Crippen molar-refractivity contribution in [1.82, 2.24) is 14.9 Å². The maximum absolute atomic E-state index is 13.8. The van der Waals surface area contributed by atoms with E-state index in [1.165, 1.54) is 31.2 Å². The van der Waals surface area contributed by atoms with Gasteiger partial charge in [-0.2, -0.15) is 0 Å². The number of ether oxygens (including phenoxy) is 2. The van der Waals surface area contributed by atoms with Crippen molar-refractivity contribution in [2.75, 3.05) is 18.6 Å². The fraction of sp³-hybridized carbons (Fsp3) is 0.520. The number of hydrogen-bond donors (Lipinski definition) is 1. The van der Waals surface area contributed by atoms with Gasteiger partial charge in [-0.25, -0.2) is 9.78 Å². The summed E-state index contributed by atoms with van der Waals surface area (Å²) >= 11 is 0. The second kappa shape index (κ2) is 9.87. The Morgan fingerprint density at radius 3 is 2.44 bits per heavy atom. The monoisotopic (exact) mass is 468 g/mol. The van der Waals surface area contributed by atoms with E-state index in [2.05, 4.69) is 10.3 Å². The van der Waals surface area contributed by atoms with E-state index >= 15 is 0 Å². The van der Waals surface area contributed by atoms with Crippen LogP contribution in [0.4, 0.5) is 5.69 Å². The molecule has 9 nitrogen and oxygen atoms in total. The molecule has 0 saturated heterocycles. The average Bonchev–Trinajstić information content (AvgIpc) is 3.08. The van der Waals surface area contributed by atoms with Gasteiger partial charge in [0, 0.05) is 11.7 Å². The Kier molecular flexibility index (Phi) is 6.90. The van der Waals surface area contributed by atoms with Gasteiger partial charge in [0.05, 0.1) is 26.6 Å². The van der Waals surface area contributed by atoms with Crippen molar-refractivity contribution in [2.45, 2.75) is 70.5 Å². The van der Waals surface area contributed by atoms with Crippen molar-refractivity contribution in [3.8, 4) is 5.75 Å². The number of fused-ring (bicyclic) bond motifs is 1. The molecule has 0 bridgehead atoms. The van der Waals surface area contributed by atoms with Gasteiger partial charge in [-0.3, -0.25) is 14.5 Å². The molecule has 4 rings (SSSR count). The van der Waals surface area contributed by atoms with E-state index in [-0.39, 0.29) is 29.9 Å². The molecule has 2 aromatic rings. The predicted molar refractivity (Wildman–Crippen MR) is 126 cm³/mol. The van der Waals surface area contributed by atoms with Crippen molar-refractivity contribution >= 4 is 23.5 Å². The van der Waals surface area contributed by atoms with Crippen LogP contribution >= 0.6 is 0 Å². The summed E-state index contributed by atoms with van der Waals surface area (Å²) in [6.45, 7) is 4.33. The fourth-order valence-corrected chi connectivity index (χ4v) is 4.90. The van der Waals surface area contributed by atoms with E-state index in [4.69, 9.17) is 9.47 Å². The molecule has 1 aromatic heterocycles. The lowest BCUT2D eigenvalue weighted by atomic mass is 9.92. The Bertz CT molecular complexity index is 1060. The molecule has 1 aliphatic carbocycles. The van der Waals surface area contributed by atoms with Gasteiger partial charge in [0.2, 0.25) is 5.91 Å². The molecule has 1 atom stereocenters. The summed E-state index contributed by atoms with van der Waals surface area (Å²) in [5.41, 5.74) is -0.636. The molecule has 1 fully saturated rings. The normalized spacial score (nSPS) is 20.9. The summed E-state index contributed by atoms with van der Waals surface area (Å²) in [6.07, 6.45) is 7.80. The first-order valence-electron chi connectivity index (χ1n) is 11.9. The second-order valence-corrected chi connectivity index (χ2v) is 9.06. The van der Waals surface area contributed by atoms with Gasteiger partial charge in [-0.1, -0.05) is 25.7 Å². The highest BCUT2D eigenvalue weighted by Crippen LogP contribution is 2.35. The van der Waals surface area contributed by atoms with Gasteiger partial charge >= 0.3 is 5.97 Å². The number of imidazole rings is 1. The number of carbonyl (C=O) groups is 3. The van der Waals surface area contributed by atoms with Gasteiger partial charge in [0.1, 0.15) is 17.0 Å². The molecule has 2 amide bonds. The minimum atomic E-state index is -1.22. The molecule has 0 radical (unpaired) electrons. The summed E-state index contributed by atoms with van der Waals surface area (Å²) in [5, 5.41) is 3.21. The Balaban J connectivity index is 1.74. The molecule has 2 heterocycles. The number of aromatic nitrogens is 2. The zero-order chi connectivity index (χ0) is 24.3. The highest BCUT2D eigenvalue weighted by molar-refractivity contribution is 6.15. The number of rotatable bonds is 6. The van der Waals surface area contributed by atoms with Gasteiger partial charge in [-0.15, -0.1) is 0 Å². The Morgan fingerprint density at radius 1 is 1.15 bits per heavy atom. The molecule has 1 N–H and O–H groups in total. The van der Waals surface area contributed by atoms with Crippen molar-refractivity contribution in [1.29, 1.82) is 0 Å². The Morgan fingerprint density at radius 2 is 1.82 bits per heavy atom. The van der Waals surface area contributed by atoms with Crippen LogP contribution in [0.2, 0.25) is 0 Å². The smallest absolute Gasteiger partial charge is 0.359 e. The maximum atomic E-state index is 13.8. The quantitative estimate of drug-likeness (QED) is 0.515. The molecule has 1 unspecified atom stereocenters. The fourth-order valence-electron chi connectivity index (χ4n) is 4.90. The third-order valence-corrected chi connectivity index (χ3v) is 6.68. The molecule has 0 spiro atoms. The topological polar surface area (TPSA) is 103 Å². The van der Waals surface area contributed by atoms with Crippen molar-refractivity contribution < 1.29 is 23.9 Å². The molecule has 34 heavy (non-hydrogen) atoms. The van der Waals surface area contributed by atoms with E-state index in [0.717, 1.165) is 25.7 Å². The third-order valence-electron chi connectivity index (χ3n) is 6.68. The van der Waals surface area contributed by atoms with Gasteiger partial charge in [-0.05, 0) is 51.0 Å². The number of esters is 1. The van der Waals surface area contributed by atoms with Crippen molar-refractivity contribution in [3.05, 3.63) is 42.0 Å². The predicted octanol–water partition coefficient (Wildman–Crippen LogP) is 3.33. The van der Waals surface area contributed by atoms with Gasteiger partial charge < -0.3 is 19.4 Å². The van der Waals surface area contributed by atoms with Gasteiger partial charge in [0.25, 0.3) is 5.91 Å². The molecule has 1 aliphatic heterocycles. The number of benzene rings is 1. The van der Waals surface area contributed by atoms with E-state index in [1.807, 2.05) is 6.92 Å². The number of carbonyl (C=O) groups excluding carboxylic acids is 3. The number of anilines is 1. The highest BCUT2D eigenvalue weighted by Gasteiger charge is 2.50. The SMILES string of the molecule is CCOc1ccc(N2C(=O)c3c(C(=O)OC)ncn3CC2(C)C(=O)NC2CCCCCC2)cc1. The van der Waals surface area contributed by atoms with E-state index < -0.39 is 17.4 Å². The lowest BCUT2D eigenvalue weighted by Gasteiger charge is -2.44. The molecule has 1 saturated carbocycles. The molecule has 2 aliphatic rings. The lowest BCUT2D eigenvalue weighted by molar-refractivity contribution is -0.127. The summed E-state index contributed by atoms with van der Waals surface area (Å²) in [4.78, 5) is 45.5. The number of nitrogens with zero attached hydrogens (tertiary/aromatic N) is 3. The summed E-state index contributed by atoms with van der Waals surface area (Å²) in [5.74, 6) is -0.728. The first-order valence-corrected chi connectivity index (χ1v) is 11.9.